The summed E-state index contributed by atoms with van der Waals surface area (Å²) in [5.74, 6) is -4.44. The first-order valence-corrected chi connectivity index (χ1v) is 25.1. The molecule has 0 unspecified atom stereocenters. The number of ether oxygens (including phenoxy) is 2. The second kappa shape index (κ2) is 23.6. The molecule has 394 valence electrons. The van der Waals surface area contributed by atoms with Crippen molar-refractivity contribution in [3.63, 3.8) is 0 Å². The molecule has 3 heterocycles. The summed E-state index contributed by atoms with van der Waals surface area (Å²) in [6.45, 7) is 4.93. The molecule has 2 saturated carbocycles. The number of halogens is 6. The topological polar surface area (TPSA) is 152 Å². The summed E-state index contributed by atoms with van der Waals surface area (Å²) >= 11 is 5.32. The molecule has 0 bridgehead atoms. The van der Waals surface area contributed by atoms with E-state index in [0.717, 1.165) is 19.6 Å². The van der Waals surface area contributed by atoms with E-state index in [1.165, 1.54) is 48.1 Å². The van der Waals surface area contributed by atoms with Crippen molar-refractivity contribution >= 4 is 56.5 Å². The Morgan fingerprint density at radius 1 is 0.730 bits per heavy atom. The van der Waals surface area contributed by atoms with E-state index in [1.54, 1.807) is 60.7 Å². The van der Waals surface area contributed by atoms with E-state index >= 15 is 0 Å². The number of aliphatic imine (C=N–C) groups is 1. The highest BCUT2D eigenvalue weighted by molar-refractivity contribution is 7.80. The molecule has 1 atom stereocenters. The van der Waals surface area contributed by atoms with Gasteiger partial charge in [0.2, 0.25) is 11.8 Å². The number of aromatic nitrogens is 4. The molecule has 1 saturated heterocycles. The van der Waals surface area contributed by atoms with Gasteiger partial charge in [-0.15, -0.1) is 0 Å². The molecule has 3 fully saturated rings. The Morgan fingerprint density at radius 2 is 1.23 bits per heavy atom. The Morgan fingerprint density at radius 3 is 1.72 bits per heavy atom. The zero-order chi connectivity index (χ0) is 52.6. The fourth-order valence-corrected chi connectivity index (χ4v) is 9.58. The van der Waals surface area contributed by atoms with Crippen LogP contribution in [0.2, 0.25) is 0 Å². The van der Waals surface area contributed by atoms with Crippen molar-refractivity contribution in [1.29, 1.82) is 0 Å². The van der Waals surface area contributed by atoms with Crippen molar-refractivity contribution in [3.05, 3.63) is 129 Å². The number of methoxy groups -OCH3 is 2. The van der Waals surface area contributed by atoms with E-state index in [0.29, 0.717) is 105 Å². The number of benzene rings is 4. The smallest absolute Gasteiger partial charge is 0.261 e. The average Bonchev–Trinajstić information content (AvgIpc) is 3.37. The lowest BCUT2D eigenvalue weighted by Gasteiger charge is -2.35. The molecule has 2 aromatic heterocycles. The van der Waals surface area contributed by atoms with Gasteiger partial charge in [-0.25, -0.2) is 41.3 Å². The maximum atomic E-state index is 14.3. The Kier molecular flexibility index (Phi) is 17.1. The van der Waals surface area contributed by atoms with E-state index in [1.807, 2.05) is 0 Å². The van der Waals surface area contributed by atoms with Crippen LogP contribution in [0, 0.1) is 11.6 Å². The van der Waals surface area contributed by atoms with Gasteiger partial charge < -0.3 is 35.6 Å². The maximum Gasteiger partial charge on any atom is 0.261 e. The lowest BCUT2D eigenvalue weighted by Crippen LogP contribution is -2.53. The van der Waals surface area contributed by atoms with Crippen LogP contribution in [-0.2, 0) is 25.9 Å². The third-order valence-corrected chi connectivity index (χ3v) is 13.9. The molecule has 4 N–H and O–H groups in total. The monoisotopic (exact) mass is 1050 g/mol. The van der Waals surface area contributed by atoms with Gasteiger partial charge in [-0.1, -0.05) is 12.1 Å². The van der Waals surface area contributed by atoms with Crippen LogP contribution < -0.4 is 41.9 Å². The second-order valence-electron chi connectivity index (χ2n) is 19.1. The highest BCUT2D eigenvalue weighted by atomic mass is 32.1. The minimum Gasteiger partial charge on any atom is -0.497 e. The van der Waals surface area contributed by atoms with Crippen molar-refractivity contribution in [2.75, 3.05) is 44.5 Å². The molecule has 3 aliphatic rings. The number of guanidine groups is 1. The van der Waals surface area contributed by atoms with Crippen molar-refractivity contribution in [1.82, 2.24) is 34.6 Å². The van der Waals surface area contributed by atoms with Gasteiger partial charge in [-0.3, -0.25) is 18.7 Å². The zero-order valence-corrected chi connectivity index (χ0v) is 42.2. The van der Waals surface area contributed by atoms with E-state index < -0.39 is 11.8 Å². The quantitative estimate of drug-likeness (QED) is 0.0401. The first-order chi connectivity index (χ1) is 35.4. The maximum absolute atomic E-state index is 14.3. The predicted molar refractivity (Wildman–Crippen MR) is 279 cm³/mol. The molecule has 21 heteroatoms. The number of thiocarbonyl (C=S) groups is 1. The number of hydrogen-bond acceptors (Lipinski definition) is 9. The van der Waals surface area contributed by atoms with Gasteiger partial charge >= 0.3 is 0 Å². The molecule has 2 aliphatic carbocycles. The summed E-state index contributed by atoms with van der Waals surface area (Å²) in [5, 5.41) is 14.1. The number of alkyl halides is 4. The minimum atomic E-state index is -2.61. The zero-order valence-electron chi connectivity index (χ0n) is 41.4. The number of nitrogens with one attached hydrogen (secondary N) is 4. The largest absolute Gasteiger partial charge is 0.497 e. The van der Waals surface area contributed by atoms with Gasteiger partial charge in [0.25, 0.3) is 11.1 Å². The molecule has 0 radical (unpaired) electrons. The molecule has 9 rings (SSSR count). The van der Waals surface area contributed by atoms with Crippen LogP contribution in [0.15, 0.2) is 100 Å². The van der Waals surface area contributed by atoms with Crippen LogP contribution in [0.25, 0.3) is 21.8 Å². The Balaban J connectivity index is 0.000000200. The molecule has 0 amide bonds. The number of rotatable bonds is 12. The fourth-order valence-electron chi connectivity index (χ4n) is 9.30. The summed E-state index contributed by atoms with van der Waals surface area (Å²) in [6.07, 6.45) is 4.39. The molecule has 1 aliphatic heterocycles. The SMILES string of the molecule is COc1ccc(CCn2cnc3cc(NC(=NC4CCC(F)(F)CC4)N4CCN[C@@H](C)C4)ccc3c2=O)c(F)c1.COc1ccc(CCn2cnc3cc(NC(=S)NC4CCC(F)(F)CC4)ccc3c2=O)c(F)c1. The van der Waals surface area contributed by atoms with Gasteiger partial charge in [0.1, 0.15) is 23.1 Å². The van der Waals surface area contributed by atoms with Crippen LogP contribution in [0.4, 0.5) is 37.7 Å². The molecular formula is C53H60F6N10O4S. The molecular weight excluding hydrogens is 987 g/mol. The number of anilines is 2. The van der Waals surface area contributed by atoms with Crippen molar-refractivity contribution in [3.8, 4) is 11.5 Å². The third kappa shape index (κ3) is 13.9. The predicted octanol–water partition coefficient (Wildman–Crippen LogP) is 9.08. The first kappa shape index (κ1) is 53.5. The second-order valence-corrected chi connectivity index (χ2v) is 19.5. The summed E-state index contributed by atoms with van der Waals surface area (Å²) in [6, 6.07) is 19.7. The van der Waals surface area contributed by atoms with Crippen LogP contribution in [0.5, 0.6) is 11.5 Å². The highest BCUT2D eigenvalue weighted by Crippen LogP contribution is 2.35. The summed E-state index contributed by atoms with van der Waals surface area (Å²) < 4.78 is 95.6. The fraction of sp³-hybridized carbons (Fsp3) is 0.434. The molecule has 14 nitrogen and oxygen atoms in total. The summed E-state index contributed by atoms with van der Waals surface area (Å²) in [4.78, 5) is 41.9. The lowest BCUT2D eigenvalue weighted by atomic mass is 9.92. The van der Waals surface area contributed by atoms with Crippen LogP contribution in [0.3, 0.4) is 0 Å². The Hall–Kier alpha value is -6.74. The average molecular weight is 1050 g/mol. The number of aryl methyl sites for hydroxylation is 4. The third-order valence-electron chi connectivity index (χ3n) is 13.6. The molecule has 74 heavy (non-hydrogen) atoms. The van der Waals surface area contributed by atoms with Crippen LogP contribution >= 0.6 is 12.2 Å². The van der Waals surface area contributed by atoms with E-state index in [-0.39, 0.29) is 79.7 Å². The summed E-state index contributed by atoms with van der Waals surface area (Å²) in [7, 11) is 2.95. The van der Waals surface area contributed by atoms with Crippen molar-refractivity contribution in [2.24, 2.45) is 4.99 Å². The minimum absolute atomic E-state index is 0.0963. The van der Waals surface area contributed by atoms with Crippen LogP contribution in [0.1, 0.15) is 69.4 Å². The number of fused-ring (bicyclic) bond motifs is 2. The number of nitrogens with zero attached hydrogens (tertiary/aromatic N) is 6. The molecule has 0 spiro atoms. The van der Waals surface area contributed by atoms with Gasteiger partial charge in [0.15, 0.2) is 11.1 Å². The van der Waals surface area contributed by atoms with Crippen LogP contribution in [-0.4, -0.2) is 98.9 Å². The van der Waals surface area contributed by atoms with E-state index in [9.17, 15) is 35.9 Å². The number of hydrogen-bond donors (Lipinski definition) is 4. The van der Waals surface area contributed by atoms with Crippen molar-refractivity contribution in [2.45, 2.75) is 114 Å². The lowest BCUT2D eigenvalue weighted by molar-refractivity contribution is -0.0391. The Bertz CT molecular complexity index is 3100. The van der Waals surface area contributed by atoms with E-state index in [2.05, 4.69) is 43.1 Å². The molecule has 6 aromatic rings. The van der Waals surface area contributed by atoms with Crippen molar-refractivity contribution < 1.29 is 35.8 Å². The van der Waals surface area contributed by atoms with Gasteiger partial charge in [-0.2, -0.15) is 0 Å². The van der Waals surface area contributed by atoms with Gasteiger partial charge in [0.05, 0.1) is 54.7 Å². The van der Waals surface area contributed by atoms with E-state index in [4.69, 9.17) is 26.7 Å². The van der Waals surface area contributed by atoms with Gasteiger partial charge in [-0.05, 0) is 117 Å². The highest BCUT2D eigenvalue weighted by Gasteiger charge is 2.36. The Labute approximate surface area is 429 Å². The number of piperazine rings is 1. The molecule has 4 aromatic carbocycles. The first-order valence-electron chi connectivity index (χ1n) is 24.7. The summed E-state index contributed by atoms with van der Waals surface area (Å²) in [5.41, 5.74) is 2.89. The standard InChI is InChI=1S/C29H35F3N6O2.C24H25F3N4O2S/c1-19-17-37(14-12-33-19)28(35-21-7-10-29(31,32)11-8-21)36-22-4-6-24-26(15-22)34-18-38(27(24)39)13-9-20-3-5-23(40-2)16-25(20)30;1-33-18-4-2-15(20(25)13-18)8-11-31-14-28-21-12-17(3-5-19(21)22(31)32)30-23(34)29-16-6-9-24(26,27)10-7-16/h3-6,15-16,18-19,21,33H,7-14,17H2,1-2H3,(H,35,36);2-5,12-14,16H,6-11H2,1H3,(H2,29,30,34)/t19-;/m0./s1. The normalized spacial score (nSPS) is 18.1. The van der Waals surface area contributed by atoms with Gasteiger partial charge in [0, 0.05) is 94.0 Å².